The van der Waals surface area contributed by atoms with Gasteiger partial charge in [0, 0.05) is 30.9 Å². The summed E-state index contributed by atoms with van der Waals surface area (Å²) in [7, 11) is 0. The lowest BCUT2D eigenvalue weighted by molar-refractivity contribution is -0.116. The van der Waals surface area contributed by atoms with Crippen LogP contribution in [-0.2, 0) is 11.2 Å². The highest BCUT2D eigenvalue weighted by Gasteiger charge is 2.22. The Morgan fingerprint density at radius 2 is 2.09 bits per heavy atom. The van der Waals surface area contributed by atoms with Crippen molar-refractivity contribution in [3.63, 3.8) is 0 Å². The highest BCUT2D eigenvalue weighted by atomic mass is 16.5. The summed E-state index contributed by atoms with van der Waals surface area (Å²) >= 11 is 0. The fourth-order valence-corrected chi connectivity index (χ4v) is 2.51. The first kappa shape index (κ1) is 14.1. The minimum absolute atomic E-state index is 0.0265. The number of benzene rings is 1. The molecule has 7 nitrogen and oxygen atoms in total. The number of aryl methyl sites for hydroxylation is 1. The van der Waals surface area contributed by atoms with Gasteiger partial charge in [0.05, 0.1) is 0 Å². The van der Waals surface area contributed by atoms with E-state index in [1.54, 1.807) is 30.9 Å². The van der Waals surface area contributed by atoms with Crippen molar-refractivity contribution in [2.24, 2.45) is 0 Å². The first-order valence-corrected chi connectivity index (χ1v) is 6.95. The van der Waals surface area contributed by atoms with Crippen molar-refractivity contribution < 1.29 is 14.1 Å². The molecule has 0 fully saturated rings. The fraction of sp³-hybridized carbons (Fsp3) is 0.267. The number of nitrogens with zero attached hydrogens (tertiary/aromatic N) is 2. The maximum Gasteiger partial charge on any atom is 0.324 e. The van der Waals surface area contributed by atoms with Crippen LogP contribution in [0.15, 0.2) is 28.8 Å². The molecule has 1 aromatic heterocycles. The van der Waals surface area contributed by atoms with Crippen molar-refractivity contribution >= 4 is 29.1 Å². The van der Waals surface area contributed by atoms with Gasteiger partial charge in [-0.25, -0.2) is 4.79 Å². The van der Waals surface area contributed by atoms with Gasteiger partial charge in [-0.15, -0.1) is 0 Å². The van der Waals surface area contributed by atoms with Crippen molar-refractivity contribution in [2.45, 2.75) is 20.3 Å². The lowest BCUT2D eigenvalue weighted by atomic mass is 10.1. The number of hydrogen-bond donors (Lipinski definition) is 2. The summed E-state index contributed by atoms with van der Waals surface area (Å²) in [4.78, 5) is 25.1. The van der Waals surface area contributed by atoms with Gasteiger partial charge in [-0.2, -0.15) is 0 Å². The second kappa shape index (κ2) is 5.51. The Bertz CT molecular complexity index is 738. The molecule has 2 heterocycles. The Labute approximate surface area is 127 Å². The number of nitrogens with one attached hydrogen (secondary N) is 2. The minimum Gasteiger partial charge on any atom is -0.360 e. The van der Waals surface area contributed by atoms with E-state index in [0.717, 1.165) is 17.7 Å². The fourth-order valence-electron chi connectivity index (χ4n) is 2.51. The molecule has 0 atom stereocenters. The Kier molecular flexibility index (Phi) is 3.54. The molecule has 1 aliphatic rings. The molecule has 0 saturated carbocycles. The summed E-state index contributed by atoms with van der Waals surface area (Å²) in [6.07, 6.45) is 0.786. The highest BCUT2D eigenvalue weighted by Crippen LogP contribution is 2.30. The van der Waals surface area contributed by atoms with Crippen molar-refractivity contribution in [2.75, 3.05) is 22.1 Å². The van der Waals surface area contributed by atoms with Crippen LogP contribution in [0.3, 0.4) is 0 Å². The number of carbonyl (C=O) groups is 2. The predicted octanol–water partition coefficient (Wildman–Crippen LogP) is 2.54. The second-order valence-electron chi connectivity index (χ2n) is 5.17. The lowest BCUT2D eigenvalue weighted by Gasteiger charge is -2.15. The Morgan fingerprint density at radius 3 is 2.77 bits per heavy atom. The first-order valence-electron chi connectivity index (χ1n) is 6.95. The van der Waals surface area contributed by atoms with E-state index in [2.05, 4.69) is 15.8 Å². The van der Waals surface area contributed by atoms with Gasteiger partial charge in [0.15, 0.2) is 5.82 Å². The standard InChI is InChI=1S/C15H16N4O3/c1-9-7-14(18-22-9)17-15(21)16-12-3-4-13-11(8-12)5-6-19(13)10(2)20/h3-4,7-8H,5-6H2,1-2H3,(H2,16,17,18,21). The first-order chi connectivity index (χ1) is 10.5. The van der Waals surface area contributed by atoms with Crippen LogP contribution >= 0.6 is 0 Å². The third kappa shape index (κ3) is 2.78. The molecular formula is C15H16N4O3. The van der Waals surface area contributed by atoms with Gasteiger partial charge in [-0.1, -0.05) is 5.16 Å². The van der Waals surface area contributed by atoms with E-state index in [9.17, 15) is 9.59 Å². The summed E-state index contributed by atoms with van der Waals surface area (Å²) in [5, 5.41) is 9.02. The van der Waals surface area contributed by atoms with Crippen LogP contribution in [0.2, 0.25) is 0 Å². The molecule has 0 spiro atoms. The third-order valence-electron chi connectivity index (χ3n) is 3.48. The largest absolute Gasteiger partial charge is 0.360 e. The highest BCUT2D eigenvalue weighted by molar-refractivity contribution is 6.00. The molecule has 1 aliphatic heterocycles. The normalized spacial score (nSPS) is 12.9. The molecule has 0 unspecified atom stereocenters. The molecule has 0 bridgehead atoms. The number of amides is 3. The molecule has 0 radical (unpaired) electrons. The molecule has 3 amide bonds. The maximum absolute atomic E-state index is 11.9. The van der Waals surface area contributed by atoms with Crippen LogP contribution in [0.1, 0.15) is 18.2 Å². The molecule has 22 heavy (non-hydrogen) atoms. The van der Waals surface area contributed by atoms with Crippen molar-refractivity contribution in [3.05, 3.63) is 35.6 Å². The quantitative estimate of drug-likeness (QED) is 0.892. The average molecular weight is 300 g/mol. The summed E-state index contributed by atoms with van der Waals surface area (Å²) in [5.74, 6) is 1.01. The molecule has 0 saturated heterocycles. The van der Waals surface area contributed by atoms with Crippen molar-refractivity contribution in [1.29, 1.82) is 0 Å². The SMILES string of the molecule is CC(=O)N1CCc2cc(NC(=O)Nc3cc(C)on3)ccc21. The zero-order valence-electron chi connectivity index (χ0n) is 12.3. The van der Waals surface area contributed by atoms with Crippen LogP contribution in [0.5, 0.6) is 0 Å². The van der Waals surface area contributed by atoms with Crippen molar-refractivity contribution in [3.8, 4) is 0 Å². The van der Waals surface area contributed by atoms with Crippen molar-refractivity contribution in [1.82, 2.24) is 5.16 Å². The summed E-state index contributed by atoms with van der Waals surface area (Å²) in [6, 6.07) is 6.74. The topological polar surface area (TPSA) is 87.5 Å². The van der Waals surface area contributed by atoms with E-state index in [-0.39, 0.29) is 5.91 Å². The predicted molar refractivity (Wildman–Crippen MR) is 82.1 cm³/mol. The maximum atomic E-state index is 11.9. The smallest absolute Gasteiger partial charge is 0.324 e. The summed E-state index contributed by atoms with van der Waals surface area (Å²) in [5.41, 5.74) is 2.62. The second-order valence-corrected chi connectivity index (χ2v) is 5.17. The van der Waals surface area contributed by atoms with Gasteiger partial charge in [0.1, 0.15) is 5.76 Å². The number of anilines is 3. The number of carbonyl (C=O) groups excluding carboxylic acids is 2. The number of aromatic nitrogens is 1. The number of fused-ring (bicyclic) bond motifs is 1. The van der Waals surface area contributed by atoms with Gasteiger partial charge in [0.25, 0.3) is 0 Å². The molecule has 2 N–H and O–H groups in total. The van der Waals surface area contributed by atoms with E-state index < -0.39 is 6.03 Å². The van der Waals surface area contributed by atoms with Gasteiger partial charge in [-0.05, 0) is 37.1 Å². The molecule has 3 rings (SSSR count). The van der Waals surface area contributed by atoms with Crippen LogP contribution < -0.4 is 15.5 Å². The van der Waals surface area contributed by atoms with E-state index in [1.807, 2.05) is 12.1 Å². The zero-order chi connectivity index (χ0) is 15.7. The molecule has 114 valence electrons. The Balaban J connectivity index is 1.69. The van der Waals surface area contributed by atoms with E-state index in [4.69, 9.17) is 4.52 Å². The van der Waals surface area contributed by atoms with Gasteiger partial charge in [-0.3, -0.25) is 10.1 Å². The van der Waals surface area contributed by atoms with Gasteiger partial charge < -0.3 is 14.7 Å². The summed E-state index contributed by atoms with van der Waals surface area (Å²) < 4.78 is 4.88. The van der Waals surface area contributed by atoms with Crippen LogP contribution in [0.25, 0.3) is 0 Å². The molecule has 2 aromatic rings. The third-order valence-corrected chi connectivity index (χ3v) is 3.48. The lowest BCUT2D eigenvalue weighted by Crippen LogP contribution is -2.25. The van der Waals surface area contributed by atoms with E-state index >= 15 is 0 Å². The van der Waals surface area contributed by atoms with Crippen LogP contribution in [0.4, 0.5) is 22.0 Å². The zero-order valence-corrected chi connectivity index (χ0v) is 12.3. The molecule has 1 aromatic carbocycles. The van der Waals surface area contributed by atoms with Gasteiger partial charge in [0.2, 0.25) is 5.91 Å². The van der Waals surface area contributed by atoms with E-state index in [1.165, 1.54) is 0 Å². The number of urea groups is 1. The van der Waals surface area contributed by atoms with Gasteiger partial charge >= 0.3 is 6.03 Å². The van der Waals surface area contributed by atoms with E-state index in [0.29, 0.717) is 23.8 Å². The Morgan fingerprint density at radius 1 is 1.27 bits per heavy atom. The molecule has 0 aliphatic carbocycles. The minimum atomic E-state index is -0.394. The number of rotatable bonds is 2. The van der Waals surface area contributed by atoms with Crippen LogP contribution in [0, 0.1) is 6.92 Å². The summed E-state index contributed by atoms with van der Waals surface area (Å²) in [6.45, 7) is 3.98. The molecular weight excluding hydrogens is 284 g/mol. The average Bonchev–Trinajstić information content (AvgIpc) is 3.04. The Hall–Kier alpha value is -2.83. The molecule has 7 heteroatoms. The number of hydrogen-bond acceptors (Lipinski definition) is 4. The monoisotopic (exact) mass is 300 g/mol. The van der Waals surface area contributed by atoms with Crippen LogP contribution in [-0.4, -0.2) is 23.6 Å².